The first-order valence-corrected chi connectivity index (χ1v) is 7.89. The van der Waals surface area contributed by atoms with Crippen molar-refractivity contribution < 1.29 is 4.79 Å². The van der Waals surface area contributed by atoms with E-state index in [4.69, 9.17) is 5.26 Å². The Kier molecular flexibility index (Phi) is 3.51. The lowest BCUT2D eigenvalue weighted by molar-refractivity contribution is -0.116. The summed E-state index contributed by atoms with van der Waals surface area (Å²) in [6, 6.07) is 3.89. The zero-order valence-electron chi connectivity index (χ0n) is 10.8. The van der Waals surface area contributed by atoms with Crippen molar-refractivity contribution in [3.05, 3.63) is 29.4 Å². The summed E-state index contributed by atoms with van der Waals surface area (Å²) in [5, 5.41) is 12.4. The number of hydrogen-bond acceptors (Lipinski definition) is 5. The standard InChI is InChI=1S/C13H12N4OS2/c1-16-6-4-15-13(16)20-10-2-5-17(11(10)18)12-9(8-14)3-7-19-12/h3-4,6-7,10H,2,5H2,1H3/t10-/m0/s1. The van der Waals surface area contributed by atoms with Crippen molar-refractivity contribution in [1.29, 1.82) is 5.26 Å². The highest BCUT2D eigenvalue weighted by Gasteiger charge is 2.35. The van der Waals surface area contributed by atoms with Crippen molar-refractivity contribution >= 4 is 34.0 Å². The molecule has 0 saturated carbocycles. The van der Waals surface area contributed by atoms with Crippen LogP contribution in [0.4, 0.5) is 5.00 Å². The third-order valence-electron chi connectivity index (χ3n) is 3.19. The van der Waals surface area contributed by atoms with Crippen molar-refractivity contribution in [3.8, 4) is 6.07 Å². The second kappa shape index (κ2) is 5.31. The summed E-state index contributed by atoms with van der Waals surface area (Å²) in [6.07, 6.45) is 4.37. The zero-order valence-corrected chi connectivity index (χ0v) is 12.4. The number of thiophene rings is 1. The van der Waals surface area contributed by atoms with Crippen molar-refractivity contribution in [3.63, 3.8) is 0 Å². The zero-order chi connectivity index (χ0) is 14.1. The molecule has 3 rings (SSSR count). The molecular formula is C13H12N4OS2. The number of carbonyl (C=O) groups is 1. The van der Waals surface area contributed by atoms with Crippen molar-refractivity contribution in [2.24, 2.45) is 7.05 Å². The molecule has 2 aromatic heterocycles. The minimum Gasteiger partial charge on any atom is -0.329 e. The van der Waals surface area contributed by atoms with E-state index in [2.05, 4.69) is 11.1 Å². The predicted octanol–water partition coefficient (Wildman–Crippen LogP) is 2.25. The summed E-state index contributed by atoms with van der Waals surface area (Å²) in [4.78, 5) is 18.4. The van der Waals surface area contributed by atoms with Gasteiger partial charge in [0.2, 0.25) is 5.91 Å². The minimum absolute atomic E-state index is 0.0666. The Hall–Kier alpha value is -1.78. The predicted molar refractivity (Wildman–Crippen MR) is 78.9 cm³/mol. The molecule has 1 saturated heterocycles. The van der Waals surface area contributed by atoms with Gasteiger partial charge >= 0.3 is 0 Å². The Morgan fingerprint density at radius 3 is 3.15 bits per heavy atom. The summed E-state index contributed by atoms with van der Waals surface area (Å²) in [6.45, 7) is 0.663. The first-order valence-electron chi connectivity index (χ1n) is 6.13. The van der Waals surface area contributed by atoms with Crippen LogP contribution in [0.15, 0.2) is 29.0 Å². The molecule has 1 atom stereocenters. The molecule has 7 heteroatoms. The fourth-order valence-electron chi connectivity index (χ4n) is 2.15. The summed E-state index contributed by atoms with van der Waals surface area (Å²) >= 11 is 2.93. The van der Waals surface area contributed by atoms with Crippen LogP contribution in [0.3, 0.4) is 0 Å². The number of nitrogens with zero attached hydrogens (tertiary/aromatic N) is 4. The molecule has 1 amide bonds. The van der Waals surface area contributed by atoms with E-state index < -0.39 is 0 Å². The summed E-state index contributed by atoms with van der Waals surface area (Å²) in [7, 11) is 1.92. The van der Waals surface area contributed by atoms with E-state index in [9.17, 15) is 4.79 Å². The number of nitriles is 1. The maximum absolute atomic E-state index is 12.5. The normalized spacial score (nSPS) is 18.5. The van der Waals surface area contributed by atoms with Crippen LogP contribution in [0, 0.1) is 11.3 Å². The number of aryl methyl sites for hydroxylation is 1. The Balaban J connectivity index is 1.78. The van der Waals surface area contributed by atoms with Gasteiger partial charge in [0, 0.05) is 26.0 Å². The molecule has 2 aromatic rings. The van der Waals surface area contributed by atoms with Crippen molar-refractivity contribution in [2.45, 2.75) is 16.8 Å². The van der Waals surface area contributed by atoms with Gasteiger partial charge in [-0.1, -0.05) is 11.8 Å². The summed E-state index contributed by atoms with van der Waals surface area (Å²) < 4.78 is 1.91. The van der Waals surface area contributed by atoms with E-state index in [1.54, 1.807) is 17.2 Å². The average Bonchev–Trinajstić information content (AvgIpc) is 3.13. The number of hydrogen-bond donors (Lipinski definition) is 0. The van der Waals surface area contributed by atoms with Crippen molar-refractivity contribution in [1.82, 2.24) is 9.55 Å². The van der Waals surface area contributed by atoms with Gasteiger partial charge in [0.15, 0.2) is 5.16 Å². The molecule has 0 N–H and O–H groups in total. The number of thioether (sulfide) groups is 1. The number of aromatic nitrogens is 2. The highest BCUT2D eigenvalue weighted by molar-refractivity contribution is 8.00. The van der Waals surface area contributed by atoms with Crippen LogP contribution in [0.2, 0.25) is 0 Å². The van der Waals surface area contributed by atoms with E-state index in [-0.39, 0.29) is 11.2 Å². The van der Waals surface area contributed by atoms with E-state index in [0.717, 1.165) is 16.6 Å². The van der Waals surface area contributed by atoms with Gasteiger partial charge in [-0.05, 0) is 17.9 Å². The van der Waals surface area contributed by atoms with Crippen LogP contribution in [0.5, 0.6) is 0 Å². The molecule has 102 valence electrons. The molecule has 0 unspecified atom stereocenters. The van der Waals surface area contributed by atoms with E-state index in [0.29, 0.717) is 12.1 Å². The van der Waals surface area contributed by atoms with Crippen LogP contribution >= 0.6 is 23.1 Å². The second-order valence-corrected chi connectivity index (χ2v) is 6.52. The topological polar surface area (TPSA) is 61.9 Å². The van der Waals surface area contributed by atoms with E-state index in [1.807, 2.05) is 23.2 Å². The van der Waals surface area contributed by atoms with Gasteiger partial charge in [-0.15, -0.1) is 11.3 Å². The fraction of sp³-hybridized carbons (Fsp3) is 0.308. The Labute approximate surface area is 124 Å². The number of rotatable bonds is 3. The second-order valence-electron chi connectivity index (χ2n) is 4.46. The first-order chi connectivity index (χ1) is 9.70. The molecule has 0 radical (unpaired) electrons. The van der Waals surface area contributed by atoms with Gasteiger partial charge in [0.25, 0.3) is 0 Å². The first kappa shape index (κ1) is 13.2. The minimum atomic E-state index is -0.121. The molecule has 0 spiro atoms. The Morgan fingerprint density at radius 1 is 1.60 bits per heavy atom. The van der Waals surface area contributed by atoms with E-state index >= 15 is 0 Å². The molecule has 0 aliphatic carbocycles. The van der Waals surface area contributed by atoms with Gasteiger partial charge in [-0.3, -0.25) is 4.79 Å². The third-order valence-corrected chi connectivity index (χ3v) is 5.45. The smallest absolute Gasteiger partial charge is 0.241 e. The maximum atomic E-state index is 12.5. The number of carbonyl (C=O) groups excluding carboxylic acids is 1. The molecule has 20 heavy (non-hydrogen) atoms. The monoisotopic (exact) mass is 304 g/mol. The molecule has 0 aromatic carbocycles. The molecule has 1 aliphatic heterocycles. The highest BCUT2D eigenvalue weighted by Crippen LogP contribution is 2.35. The number of amides is 1. The van der Waals surface area contributed by atoms with E-state index in [1.165, 1.54) is 23.1 Å². The lowest BCUT2D eigenvalue weighted by Crippen LogP contribution is -2.27. The van der Waals surface area contributed by atoms with Crippen molar-refractivity contribution in [2.75, 3.05) is 11.4 Å². The summed E-state index contributed by atoms with van der Waals surface area (Å²) in [5.41, 5.74) is 0.575. The van der Waals surface area contributed by atoms with Gasteiger partial charge in [-0.25, -0.2) is 4.98 Å². The molecule has 3 heterocycles. The summed E-state index contributed by atoms with van der Waals surface area (Å²) in [5.74, 6) is 0.0666. The highest BCUT2D eigenvalue weighted by atomic mass is 32.2. The number of anilines is 1. The van der Waals surface area contributed by atoms with Crippen LogP contribution in [0.25, 0.3) is 0 Å². The van der Waals surface area contributed by atoms with Gasteiger partial charge < -0.3 is 9.47 Å². The van der Waals surface area contributed by atoms with Gasteiger partial charge in [0.05, 0.1) is 10.8 Å². The molecular weight excluding hydrogens is 292 g/mol. The maximum Gasteiger partial charge on any atom is 0.241 e. The lowest BCUT2D eigenvalue weighted by atomic mass is 10.3. The Morgan fingerprint density at radius 2 is 2.45 bits per heavy atom. The lowest BCUT2D eigenvalue weighted by Gasteiger charge is -2.14. The SMILES string of the molecule is Cn1ccnc1S[C@H]1CCN(c2sccc2C#N)C1=O. The van der Waals surface area contributed by atoms with Crippen LogP contribution in [-0.4, -0.2) is 27.3 Å². The Bertz CT molecular complexity index is 685. The quantitative estimate of drug-likeness (QED) is 0.872. The van der Waals surface area contributed by atoms with Crippen LogP contribution in [0.1, 0.15) is 12.0 Å². The largest absolute Gasteiger partial charge is 0.329 e. The van der Waals surface area contributed by atoms with Crippen LogP contribution < -0.4 is 4.90 Å². The molecule has 1 fully saturated rings. The average molecular weight is 304 g/mol. The molecule has 0 bridgehead atoms. The van der Waals surface area contributed by atoms with Gasteiger partial charge in [-0.2, -0.15) is 5.26 Å². The van der Waals surface area contributed by atoms with Gasteiger partial charge in [0.1, 0.15) is 11.1 Å². The third kappa shape index (κ3) is 2.21. The van der Waals surface area contributed by atoms with Crippen LogP contribution in [-0.2, 0) is 11.8 Å². The molecule has 1 aliphatic rings. The number of imidazole rings is 1. The fourth-order valence-corrected chi connectivity index (χ4v) is 4.09. The molecule has 5 nitrogen and oxygen atoms in total.